The summed E-state index contributed by atoms with van der Waals surface area (Å²) in [6.07, 6.45) is 3.20. The number of nitrogens with zero attached hydrogens (tertiary/aromatic N) is 7. The Morgan fingerprint density at radius 1 is 1.07 bits per heavy atom. The van der Waals surface area contributed by atoms with Crippen LogP contribution in [-0.4, -0.2) is 79.2 Å². The fourth-order valence-corrected chi connectivity index (χ4v) is 8.42. The molecule has 2 aliphatic heterocycles. The molecule has 12 nitrogen and oxygen atoms in total. The van der Waals surface area contributed by atoms with E-state index < -0.39 is 21.7 Å². The molecule has 1 unspecified atom stereocenters. The number of alkyl halides is 3. The molecule has 0 bridgehead atoms. The van der Waals surface area contributed by atoms with Gasteiger partial charge in [-0.05, 0) is 44.2 Å². The zero-order valence-electron chi connectivity index (χ0n) is 24.9. The fourth-order valence-electron chi connectivity index (χ4n) is 6.58. The van der Waals surface area contributed by atoms with Crippen molar-refractivity contribution < 1.29 is 31.1 Å². The Hall–Kier alpha value is -4.21. The zero-order valence-corrected chi connectivity index (χ0v) is 25.7. The number of ether oxygens (including phenoxy) is 1. The minimum atomic E-state index is -4.51. The lowest BCUT2D eigenvalue weighted by atomic mass is 9.85. The lowest BCUT2D eigenvalue weighted by molar-refractivity contribution is -0.141. The molecule has 244 valence electrons. The molecule has 1 aliphatic carbocycles. The van der Waals surface area contributed by atoms with Gasteiger partial charge in [-0.2, -0.15) is 23.3 Å². The van der Waals surface area contributed by atoms with E-state index in [1.807, 2.05) is 18.2 Å². The maximum Gasteiger partial charge on any atom is 0.434 e. The van der Waals surface area contributed by atoms with Gasteiger partial charge in [0.05, 0.1) is 41.8 Å². The quantitative estimate of drug-likeness (QED) is 0.314. The van der Waals surface area contributed by atoms with Gasteiger partial charge in [0.25, 0.3) is 0 Å². The molecule has 0 radical (unpaired) electrons. The highest BCUT2D eigenvalue weighted by molar-refractivity contribution is 7.91. The van der Waals surface area contributed by atoms with Gasteiger partial charge in [0.2, 0.25) is 11.9 Å². The number of anilines is 1. The van der Waals surface area contributed by atoms with Crippen LogP contribution in [0.15, 0.2) is 42.9 Å². The molecular weight excluding hydrogens is 625 g/mol. The number of rotatable bonds is 7. The number of aromatic nitrogens is 6. The number of nitrogens with one attached hydrogen (secondary N) is 1. The van der Waals surface area contributed by atoms with Crippen molar-refractivity contribution in [3.63, 3.8) is 0 Å². The first kappa shape index (κ1) is 30.4. The third kappa shape index (κ3) is 6.26. The Bertz CT molecular complexity index is 1870. The van der Waals surface area contributed by atoms with Crippen molar-refractivity contribution in [1.82, 2.24) is 34.2 Å². The molecule has 0 spiro atoms. The number of benzene rings is 1. The normalized spacial score (nSPS) is 22.9. The van der Waals surface area contributed by atoms with E-state index >= 15 is 0 Å². The second kappa shape index (κ2) is 11.9. The molecule has 7 rings (SSSR count). The molecule has 46 heavy (non-hydrogen) atoms. The van der Waals surface area contributed by atoms with E-state index in [1.54, 1.807) is 28.0 Å². The maximum absolute atomic E-state index is 13.3. The van der Waals surface area contributed by atoms with E-state index in [9.17, 15) is 26.4 Å². The summed E-state index contributed by atoms with van der Waals surface area (Å²) >= 11 is 0. The van der Waals surface area contributed by atoms with Crippen molar-refractivity contribution in [1.29, 1.82) is 0 Å². The van der Waals surface area contributed by atoms with Crippen molar-refractivity contribution in [3.8, 4) is 11.6 Å². The first-order valence-corrected chi connectivity index (χ1v) is 17.2. The van der Waals surface area contributed by atoms with Crippen molar-refractivity contribution in [2.75, 3.05) is 30.0 Å². The monoisotopic (exact) mass is 658 g/mol. The third-order valence-corrected chi connectivity index (χ3v) is 10.9. The maximum atomic E-state index is 13.3. The van der Waals surface area contributed by atoms with E-state index in [1.165, 1.54) is 4.57 Å². The number of halogens is 3. The summed E-state index contributed by atoms with van der Waals surface area (Å²) in [5.41, 5.74) is -0.139. The predicted octanol–water partition coefficient (Wildman–Crippen LogP) is 3.86. The van der Waals surface area contributed by atoms with E-state index in [2.05, 4.69) is 25.4 Å². The number of hydrogen-bond acceptors (Lipinski definition) is 9. The highest BCUT2D eigenvalue weighted by Crippen LogP contribution is 2.32. The Morgan fingerprint density at radius 2 is 1.89 bits per heavy atom. The van der Waals surface area contributed by atoms with Crippen LogP contribution in [0.4, 0.5) is 19.1 Å². The van der Waals surface area contributed by atoms with Crippen LogP contribution in [0.2, 0.25) is 0 Å². The topological polar surface area (TPSA) is 137 Å². The van der Waals surface area contributed by atoms with Crippen LogP contribution in [0.1, 0.15) is 43.6 Å². The van der Waals surface area contributed by atoms with Gasteiger partial charge in [-0.3, -0.25) is 4.79 Å². The summed E-state index contributed by atoms with van der Waals surface area (Å²) in [6, 6.07) is 7.43. The SMILES string of the molecule is O=C(C1CCC(Nc2nccc(-n3ncc4c(OCC5CCS(=O)(=O)C5)cccc43)n2)CC1)N1CCn2cc(C(F)(F)F)nc2C1. The average molecular weight is 659 g/mol. The zero-order chi connectivity index (χ0) is 32.1. The molecular formula is C30H33F3N8O4S. The molecule has 1 N–H and O–H groups in total. The molecule has 2 fully saturated rings. The minimum Gasteiger partial charge on any atom is -0.493 e. The van der Waals surface area contributed by atoms with Crippen LogP contribution in [0, 0.1) is 11.8 Å². The smallest absolute Gasteiger partial charge is 0.434 e. The van der Waals surface area contributed by atoms with Gasteiger partial charge in [-0.25, -0.2) is 23.1 Å². The molecule has 3 aliphatic rings. The van der Waals surface area contributed by atoms with E-state index in [4.69, 9.17) is 4.74 Å². The Morgan fingerprint density at radius 3 is 2.65 bits per heavy atom. The van der Waals surface area contributed by atoms with Crippen LogP contribution in [-0.2, 0) is 33.9 Å². The van der Waals surface area contributed by atoms with Gasteiger partial charge in [0, 0.05) is 49.4 Å². The van der Waals surface area contributed by atoms with Crippen LogP contribution in [0.5, 0.6) is 5.75 Å². The van der Waals surface area contributed by atoms with Gasteiger partial charge in [-0.1, -0.05) is 6.07 Å². The van der Waals surface area contributed by atoms with Crippen molar-refractivity contribution in [2.45, 2.75) is 57.4 Å². The predicted molar refractivity (Wildman–Crippen MR) is 161 cm³/mol. The number of imidazole rings is 1. The van der Waals surface area contributed by atoms with Crippen molar-refractivity contribution in [2.24, 2.45) is 11.8 Å². The number of amides is 1. The second-order valence-electron chi connectivity index (χ2n) is 12.3. The Kier molecular flexibility index (Phi) is 7.85. The first-order chi connectivity index (χ1) is 22.0. The summed E-state index contributed by atoms with van der Waals surface area (Å²) in [5, 5.41) is 8.71. The van der Waals surface area contributed by atoms with Gasteiger partial charge in [-0.15, -0.1) is 0 Å². The minimum absolute atomic E-state index is 0.0238. The van der Waals surface area contributed by atoms with Crippen molar-refractivity contribution >= 4 is 32.6 Å². The number of sulfone groups is 1. The van der Waals surface area contributed by atoms with Crippen LogP contribution in [0.3, 0.4) is 0 Å². The van der Waals surface area contributed by atoms with Crippen LogP contribution < -0.4 is 10.1 Å². The summed E-state index contributed by atoms with van der Waals surface area (Å²) < 4.78 is 72.1. The fraction of sp³-hybridized carbons (Fsp3) is 0.500. The molecule has 5 heterocycles. The van der Waals surface area contributed by atoms with Crippen LogP contribution in [0.25, 0.3) is 16.7 Å². The summed E-state index contributed by atoms with van der Waals surface area (Å²) in [4.78, 5) is 27.7. The van der Waals surface area contributed by atoms with Gasteiger partial charge in [0.1, 0.15) is 11.6 Å². The van der Waals surface area contributed by atoms with Crippen molar-refractivity contribution in [3.05, 3.63) is 54.4 Å². The molecule has 1 aromatic carbocycles. The molecule has 3 aromatic heterocycles. The molecule has 1 amide bonds. The molecule has 4 aromatic rings. The number of hydrogen-bond donors (Lipinski definition) is 1. The van der Waals surface area contributed by atoms with Crippen LogP contribution >= 0.6 is 0 Å². The number of carbonyl (C=O) groups is 1. The summed E-state index contributed by atoms with van der Waals surface area (Å²) in [7, 11) is -2.98. The lowest BCUT2D eigenvalue weighted by Gasteiger charge is -2.34. The largest absolute Gasteiger partial charge is 0.493 e. The number of carbonyl (C=O) groups excluding carboxylic acids is 1. The molecule has 1 saturated carbocycles. The Labute approximate surface area is 262 Å². The highest BCUT2D eigenvalue weighted by Gasteiger charge is 2.37. The molecule has 1 saturated heterocycles. The van der Waals surface area contributed by atoms with E-state index in [0.29, 0.717) is 56.5 Å². The lowest BCUT2D eigenvalue weighted by Crippen LogP contribution is -2.43. The van der Waals surface area contributed by atoms with Gasteiger partial charge >= 0.3 is 6.18 Å². The second-order valence-corrected chi connectivity index (χ2v) is 14.5. The first-order valence-electron chi connectivity index (χ1n) is 15.3. The Balaban J connectivity index is 0.958. The average Bonchev–Trinajstić information content (AvgIpc) is 3.76. The van der Waals surface area contributed by atoms with E-state index in [-0.39, 0.29) is 47.7 Å². The number of fused-ring (bicyclic) bond motifs is 2. The molecule has 1 atom stereocenters. The van der Waals surface area contributed by atoms with Gasteiger partial charge in [0.15, 0.2) is 21.3 Å². The highest BCUT2D eigenvalue weighted by atomic mass is 32.2. The van der Waals surface area contributed by atoms with Gasteiger partial charge < -0.3 is 19.5 Å². The van der Waals surface area contributed by atoms with E-state index in [0.717, 1.165) is 29.9 Å². The standard InChI is InChI=1S/C30H33F3N8O4S/c31-30(32,33)25-15-39-11-12-40(16-27(39)37-25)28(42)20-4-6-21(7-5-20)36-29-34-10-8-26(38-29)41-23-2-1-3-24(22(23)14-35-41)45-17-19-9-13-46(43,44)18-19/h1-3,8,10,14-15,19-21H,4-7,9,11-13,16-18H2,(H,34,36,38). The third-order valence-electron chi connectivity index (χ3n) is 9.05. The summed E-state index contributed by atoms with van der Waals surface area (Å²) in [6.45, 7) is 1.06. The molecule has 16 heteroatoms. The summed E-state index contributed by atoms with van der Waals surface area (Å²) in [5.74, 6) is 1.99.